The maximum atomic E-state index is 13.5. The van der Waals surface area contributed by atoms with E-state index in [-0.39, 0.29) is 11.2 Å². The van der Waals surface area contributed by atoms with Crippen molar-refractivity contribution in [1.82, 2.24) is 9.55 Å². The summed E-state index contributed by atoms with van der Waals surface area (Å²) >= 11 is 0. The first-order valence-electron chi connectivity index (χ1n) is 11.3. The number of carbonyl (C=O) groups excluding carboxylic acids is 1. The van der Waals surface area contributed by atoms with Crippen LogP contribution in [0.2, 0.25) is 0 Å². The summed E-state index contributed by atoms with van der Waals surface area (Å²) in [5, 5.41) is 0. The number of aromatic nitrogens is 2. The van der Waals surface area contributed by atoms with Crippen molar-refractivity contribution in [2.75, 3.05) is 0 Å². The van der Waals surface area contributed by atoms with Gasteiger partial charge in [0.1, 0.15) is 0 Å². The van der Waals surface area contributed by atoms with Crippen LogP contribution in [-0.2, 0) is 19.4 Å². The van der Waals surface area contributed by atoms with Gasteiger partial charge in [-0.15, -0.1) is 0 Å². The van der Waals surface area contributed by atoms with Gasteiger partial charge in [-0.25, -0.2) is 0 Å². The van der Waals surface area contributed by atoms with E-state index >= 15 is 0 Å². The molecule has 0 unspecified atom stereocenters. The van der Waals surface area contributed by atoms with Crippen LogP contribution < -0.4 is 0 Å². The van der Waals surface area contributed by atoms with Crippen LogP contribution in [0.5, 0.6) is 0 Å². The summed E-state index contributed by atoms with van der Waals surface area (Å²) in [6, 6.07) is 25.1. The lowest BCUT2D eigenvalue weighted by atomic mass is 9.75. The number of pyridine rings is 1. The Labute approximate surface area is 189 Å². The second kappa shape index (κ2) is 8.23. The van der Waals surface area contributed by atoms with Gasteiger partial charge in [-0.05, 0) is 40.7 Å². The minimum absolute atomic E-state index is 0.0452. The third-order valence-corrected chi connectivity index (χ3v) is 6.40. The molecule has 0 spiro atoms. The van der Waals surface area contributed by atoms with E-state index in [1.54, 1.807) is 0 Å². The molecule has 0 amide bonds. The van der Waals surface area contributed by atoms with E-state index in [1.165, 1.54) is 16.8 Å². The highest BCUT2D eigenvalue weighted by Gasteiger charge is 2.37. The molecule has 0 fully saturated rings. The maximum absolute atomic E-state index is 13.5. The fraction of sp³-hybridized carbons (Fsp3) is 0.241. The van der Waals surface area contributed by atoms with Crippen LogP contribution in [-0.4, -0.2) is 15.3 Å². The molecule has 0 saturated carbocycles. The minimum atomic E-state index is -0.0452. The molecule has 32 heavy (non-hydrogen) atoms. The Morgan fingerprint density at radius 3 is 2.12 bits per heavy atom. The Balaban J connectivity index is 1.77. The van der Waals surface area contributed by atoms with Crippen LogP contribution in [0.15, 0.2) is 85.2 Å². The number of benzene rings is 2. The Bertz CT molecular complexity index is 1240. The van der Waals surface area contributed by atoms with E-state index in [0.29, 0.717) is 6.42 Å². The Hall–Kier alpha value is -3.46. The molecule has 2 aromatic carbocycles. The van der Waals surface area contributed by atoms with E-state index in [0.717, 1.165) is 41.8 Å². The van der Waals surface area contributed by atoms with Gasteiger partial charge in [-0.2, -0.15) is 0 Å². The predicted molar refractivity (Wildman–Crippen MR) is 129 cm³/mol. The van der Waals surface area contributed by atoms with Crippen molar-refractivity contribution in [3.8, 4) is 11.3 Å². The molecule has 1 aliphatic rings. The number of nitrogens with zero attached hydrogens (tertiary/aromatic N) is 2. The fourth-order valence-electron chi connectivity index (χ4n) is 5.03. The highest BCUT2D eigenvalue weighted by atomic mass is 16.1. The first-order valence-corrected chi connectivity index (χ1v) is 11.3. The van der Waals surface area contributed by atoms with E-state index in [1.807, 2.05) is 24.5 Å². The van der Waals surface area contributed by atoms with Gasteiger partial charge in [0.15, 0.2) is 5.78 Å². The van der Waals surface area contributed by atoms with Crippen LogP contribution in [0, 0.1) is 5.41 Å². The van der Waals surface area contributed by atoms with E-state index in [9.17, 15) is 4.79 Å². The number of ketones is 1. The van der Waals surface area contributed by atoms with Gasteiger partial charge >= 0.3 is 0 Å². The highest BCUT2D eigenvalue weighted by Crippen LogP contribution is 2.42. The van der Waals surface area contributed by atoms with Gasteiger partial charge < -0.3 is 4.57 Å². The zero-order chi connectivity index (χ0) is 22.1. The average molecular weight is 421 g/mol. The number of rotatable bonds is 5. The molecule has 1 aliphatic carbocycles. The van der Waals surface area contributed by atoms with Gasteiger partial charge in [-0.1, -0.05) is 74.5 Å². The van der Waals surface area contributed by atoms with Crippen LogP contribution in [0.4, 0.5) is 0 Å². The molecule has 2 aromatic heterocycles. The molecule has 3 heteroatoms. The molecule has 0 saturated heterocycles. The van der Waals surface area contributed by atoms with Crippen LogP contribution in [0.25, 0.3) is 11.3 Å². The summed E-state index contributed by atoms with van der Waals surface area (Å²) < 4.78 is 2.40. The van der Waals surface area contributed by atoms with Crippen molar-refractivity contribution in [1.29, 1.82) is 0 Å². The Morgan fingerprint density at radius 1 is 0.844 bits per heavy atom. The number of hydrogen-bond donors (Lipinski definition) is 0. The molecule has 3 nitrogen and oxygen atoms in total. The molecule has 5 rings (SSSR count). The smallest absolute Gasteiger partial charge is 0.165 e. The first-order chi connectivity index (χ1) is 15.5. The summed E-state index contributed by atoms with van der Waals surface area (Å²) in [5.74, 6) is 0.268. The monoisotopic (exact) mass is 420 g/mol. The molecule has 0 atom stereocenters. The number of Topliss-reactive ketones (excluding diaryl/α,β-unsaturated/α-hetero) is 1. The lowest BCUT2D eigenvalue weighted by molar-refractivity contribution is 0.0909. The van der Waals surface area contributed by atoms with E-state index in [4.69, 9.17) is 0 Å². The molecule has 0 radical (unpaired) electrons. The first kappa shape index (κ1) is 20.4. The topological polar surface area (TPSA) is 34.9 Å². The van der Waals surface area contributed by atoms with Gasteiger partial charge in [0.25, 0.3) is 0 Å². The van der Waals surface area contributed by atoms with Crippen molar-refractivity contribution in [2.24, 2.45) is 5.41 Å². The van der Waals surface area contributed by atoms with Crippen LogP contribution in [0.3, 0.4) is 0 Å². The zero-order valence-electron chi connectivity index (χ0n) is 18.7. The highest BCUT2D eigenvalue weighted by molar-refractivity contribution is 6.02. The number of fused-ring (bicyclic) bond motifs is 1. The van der Waals surface area contributed by atoms with Gasteiger partial charge in [-0.3, -0.25) is 9.78 Å². The standard InChI is InChI=1S/C29H28N2O/c1-29(2)18-25-27(26(32)19-29)24(17-21-9-5-3-6-10-21)28(23-13-15-30-16-14-23)31(25)20-22-11-7-4-8-12-22/h3-16H,17-20H2,1-2H3. The fourth-order valence-corrected chi connectivity index (χ4v) is 5.03. The van der Waals surface area contributed by atoms with Crippen molar-refractivity contribution < 1.29 is 4.79 Å². The summed E-state index contributed by atoms with van der Waals surface area (Å²) in [4.78, 5) is 17.8. The molecular formula is C29H28N2O. The summed E-state index contributed by atoms with van der Waals surface area (Å²) in [6.07, 6.45) is 5.91. The number of carbonyl (C=O) groups is 1. The normalized spacial score (nSPS) is 14.9. The maximum Gasteiger partial charge on any atom is 0.165 e. The molecule has 0 N–H and O–H groups in total. The van der Waals surface area contributed by atoms with Crippen molar-refractivity contribution in [2.45, 2.75) is 39.7 Å². The third kappa shape index (κ3) is 3.91. The zero-order valence-corrected chi connectivity index (χ0v) is 18.7. The minimum Gasteiger partial charge on any atom is -0.339 e. The van der Waals surface area contributed by atoms with Gasteiger partial charge in [0.2, 0.25) is 0 Å². The SMILES string of the molecule is CC1(C)CC(=O)c2c(Cc3ccccc3)c(-c3ccncc3)n(Cc3ccccc3)c2C1. The predicted octanol–water partition coefficient (Wildman–Crippen LogP) is 6.34. The molecule has 0 bridgehead atoms. The van der Waals surface area contributed by atoms with Gasteiger partial charge in [0.05, 0.1) is 5.69 Å². The Morgan fingerprint density at radius 2 is 1.47 bits per heavy atom. The van der Waals surface area contributed by atoms with E-state index < -0.39 is 0 Å². The summed E-state index contributed by atoms with van der Waals surface area (Å²) in [6.45, 7) is 5.16. The second-order valence-electron chi connectivity index (χ2n) is 9.56. The molecule has 0 aliphatic heterocycles. The molecular weight excluding hydrogens is 392 g/mol. The average Bonchev–Trinajstić information content (AvgIpc) is 3.07. The lowest BCUT2D eigenvalue weighted by Crippen LogP contribution is -2.28. The Kier molecular flexibility index (Phi) is 5.26. The quantitative estimate of drug-likeness (QED) is 0.377. The van der Waals surface area contributed by atoms with Crippen molar-refractivity contribution in [3.63, 3.8) is 0 Å². The van der Waals surface area contributed by atoms with Crippen LogP contribution in [0.1, 0.15) is 53.0 Å². The van der Waals surface area contributed by atoms with E-state index in [2.05, 4.69) is 84.1 Å². The molecule has 2 heterocycles. The third-order valence-electron chi connectivity index (χ3n) is 6.40. The molecule has 160 valence electrons. The van der Waals surface area contributed by atoms with Gasteiger partial charge in [0, 0.05) is 48.6 Å². The second-order valence-corrected chi connectivity index (χ2v) is 9.56. The summed E-state index contributed by atoms with van der Waals surface area (Å²) in [5.41, 5.74) is 7.94. The van der Waals surface area contributed by atoms with Crippen molar-refractivity contribution >= 4 is 5.78 Å². The number of hydrogen-bond acceptors (Lipinski definition) is 2. The summed E-state index contributed by atoms with van der Waals surface area (Å²) in [7, 11) is 0. The lowest BCUT2D eigenvalue weighted by Gasteiger charge is -2.30. The largest absolute Gasteiger partial charge is 0.339 e. The van der Waals surface area contributed by atoms with Crippen LogP contribution >= 0.6 is 0 Å². The molecule has 4 aromatic rings. The van der Waals surface area contributed by atoms with Crippen molar-refractivity contribution in [3.05, 3.63) is 113 Å².